The Morgan fingerprint density at radius 2 is 1.95 bits per heavy atom. The van der Waals surface area contributed by atoms with E-state index >= 15 is 0 Å². The average Bonchev–Trinajstić information content (AvgIpc) is 2.76. The van der Waals surface area contributed by atoms with Gasteiger partial charge in [0.05, 0.1) is 6.61 Å². The number of carbonyl (C=O) groups is 1. The van der Waals surface area contributed by atoms with Gasteiger partial charge < -0.3 is 9.84 Å². The van der Waals surface area contributed by atoms with E-state index in [4.69, 9.17) is 9.84 Å². The molecule has 0 aliphatic heterocycles. The van der Waals surface area contributed by atoms with Gasteiger partial charge in [0.1, 0.15) is 5.75 Å². The molecule has 1 aromatic heterocycles. The van der Waals surface area contributed by atoms with Gasteiger partial charge in [-0.1, -0.05) is 6.07 Å². The Kier molecular flexibility index (Phi) is 3.85. The molecule has 5 heteroatoms. The fourth-order valence-electron chi connectivity index (χ4n) is 1.89. The minimum absolute atomic E-state index is 0.0291. The summed E-state index contributed by atoms with van der Waals surface area (Å²) in [7, 11) is 0. The molecule has 0 unspecified atom stereocenters. The number of rotatable bonds is 5. The molecule has 0 fully saturated rings. The van der Waals surface area contributed by atoms with Gasteiger partial charge in [-0.2, -0.15) is 5.10 Å². The number of carboxylic acid groups (broad SMARTS) is 1. The minimum Gasteiger partial charge on any atom is -0.493 e. The van der Waals surface area contributed by atoms with Crippen LogP contribution in [0.1, 0.15) is 27.3 Å². The molecule has 19 heavy (non-hydrogen) atoms. The number of benzene rings is 1. The molecule has 0 spiro atoms. The third-order valence-electron chi connectivity index (χ3n) is 2.69. The van der Waals surface area contributed by atoms with Crippen LogP contribution in [-0.2, 0) is 6.42 Å². The maximum Gasteiger partial charge on any atom is 0.356 e. The van der Waals surface area contributed by atoms with Crippen LogP contribution >= 0.6 is 0 Å². The Bertz CT molecular complexity index is 570. The monoisotopic (exact) mass is 260 g/mol. The topological polar surface area (TPSA) is 75.2 Å². The van der Waals surface area contributed by atoms with Crippen molar-refractivity contribution in [2.45, 2.75) is 20.3 Å². The van der Waals surface area contributed by atoms with Gasteiger partial charge in [-0.15, -0.1) is 0 Å². The van der Waals surface area contributed by atoms with Crippen LogP contribution in [-0.4, -0.2) is 27.9 Å². The fraction of sp³-hybridized carbons (Fsp3) is 0.286. The molecule has 0 aliphatic carbocycles. The SMILES string of the molecule is Cc1cc(C)cc(OCCc2cc(C(=O)O)n[nH]2)c1. The molecule has 0 amide bonds. The quantitative estimate of drug-likeness (QED) is 0.865. The molecular formula is C14H16N2O3. The number of H-pyrrole nitrogens is 1. The Morgan fingerprint density at radius 1 is 1.26 bits per heavy atom. The number of hydrogen-bond acceptors (Lipinski definition) is 3. The Morgan fingerprint density at radius 3 is 2.53 bits per heavy atom. The average molecular weight is 260 g/mol. The van der Waals surface area contributed by atoms with Crippen LogP contribution in [0.4, 0.5) is 0 Å². The molecule has 0 bridgehead atoms. The molecule has 1 heterocycles. The van der Waals surface area contributed by atoms with Crippen LogP contribution in [0.25, 0.3) is 0 Å². The Labute approximate surface area is 111 Å². The largest absolute Gasteiger partial charge is 0.493 e. The van der Waals surface area contributed by atoms with E-state index in [0.29, 0.717) is 13.0 Å². The van der Waals surface area contributed by atoms with Crippen molar-refractivity contribution >= 4 is 5.97 Å². The lowest BCUT2D eigenvalue weighted by Crippen LogP contribution is -2.02. The molecule has 0 saturated heterocycles. The van der Waals surface area contributed by atoms with Crippen molar-refractivity contribution in [1.82, 2.24) is 10.2 Å². The van der Waals surface area contributed by atoms with Crippen LogP contribution < -0.4 is 4.74 Å². The van der Waals surface area contributed by atoms with Crippen molar-refractivity contribution in [1.29, 1.82) is 0 Å². The van der Waals surface area contributed by atoms with Gasteiger partial charge >= 0.3 is 5.97 Å². The first-order chi connectivity index (χ1) is 9.04. The number of carboxylic acids is 1. The molecule has 100 valence electrons. The van der Waals surface area contributed by atoms with Gasteiger partial charge in [0.25, 0.3) is 0 Å². The van der Waals surface area contributed by atoms with Gasteiger partial charge in [-0.25, -0.2) is 4.79 Å². The summed E-state index contributed by atoms with van der Waals surface area (Å²) in [6.07, 6.45) is 0.591. The van der Waals surface area contributed by atoms with Crippen molar-refractivity contribution in [3.63, 3.8) is 0 Å². The van der Waals surface area contributed by atoms with Crippen LogP contribution in [0, 0.1) is 13.8 Å². The van der Waals surface area contributed by atoms with Crippen molar-refractivity contribution in [2.75, 3.05) is 6.61 Å². The molecule has 0 atom stereocenters. The zero-order valence-corrected chi connectivity index (χ0v) is 10.9. The zero-order chi connectivity index (χ0) is 13.8. The minimum atomic E-state index is -1.03. The maximum absolute atomic E-state index is 10.7. The number of aryl methyl sites for hydroxylation is 2. The lowest BCUT2D eigenvalue weighted by Gasteiger charge is -2.07. The zero-order valence-electron chi connectivity index (χ0n) is 10.9. The van der Waals surface area contributed by atoms with Crippen LogP contribution in [0.3, 0.4) is 0 Å². The van der Waals surface area contributed by atoms with Crippen molar-refractivity contribution in [3.8, 4) is 5.75 Å². The number of hydrogen-bond donors (Lipinski definition) is 2. The summed E-state index contributed by atoms with van der Waals surface area (Å²) in [6, 6.07) is 7.55. The molecule has 2 N–H and O–H groups in total. The van der Waals surface area contributed by atoms with E-state index in [-0.39, 0.29) is 5.69 Å². The van der Waals surface area contributed by atoms with Gasteiger partial charge in [-0.3, -0.25) is 5.10 Å². The molecule has 2 aromatic rings. The van der Waals surface area contributed by atoms with E-state index in [1.807, 2.05) is 26.0 Å². The second-order valence-corrected chi connectivity index (χ2v) is 4.51. The molecule has 0 aliphatic rings. The van der Waals surface area contributed by atoms with Crippen molar-refractivity contribution in [2.24, 2.45) is 0 Å². The van der Waals surface area contributed by atoms with Gasteiger partial charge in [-0.05, 0) is 43.2 Å². The Hall–Kier alpha value is -2.30. The number of aromatic amines is 1. The van der Waals surface area contributed by atoms with E-state index < -0.39 is 5.97 Å². The fourth-order valence-corrected chi connectivity index (χ4v) is 1.89. The maximum atomic E-state index is 10.7. The predicted octanol–water partition coefficient (Wildman–Crippen LogP) is 2.35. The van der Waals surface area contributed by atoms with Crippen LogP contribution in [0.15, 0.2) is 24.3 Å². The molecule has 0 saturated carbocycles. The first-order valence-electron chi connectivity index (χ1n) is 6.03. The summed E-state index contributed by atoms with van der Waals surface area (Å²) in [5, 5.41) is 15.1. The number of ether oxygens (including phenoxy) is 1. The van der Waals surface area contributed by atoms with E-state index in [1.165, 1.54) is 6.07 Å². The predicted molar refractivity (Wildman–Crippen MR) is 70.7 cm³/mol. The normalized spacial score (nSPS) is 10.4. The van der Waals surface area contributed by atoms with E-state index in [0.717, 1.165) is 22.6 Å². The second-order valence-electron chi connectivity index (χ2n) is 4.51. The Balaban J connectivity index is 1.90. The van der Waals surface area contributed by atoms with Gasteiger partial charge in [0, 0.05) is 12.1 Å². The van der Waals surface area contributed by atoms with Gasteiger partial charge in [0.15, 0.2) is 5.69 Å². The first kappa shape index (κ1) is 13.1. The smallest absolute Gasteiger partial charge is 0.356 e. The molecular weight excluding hydrogens is 244 g/mol. The van der Waals surface area contributed by atoms with E-state index in [1.54, 1.807) is 0 Å². The number of aromatic carboxylic acids is 1. The highest BCUT2D eigenvalue weighted by molar-refractivity contribution is 5.85. The van der Waals surface area contributed by atoms with E-state index in [9.17, 15) is 4.79 Å². The molecule has 0 radical (unpaired) electrons. The number of aromatic nitrogens is 2. The lowest BCUT2D eigenvalue weighted by molar-refractivity contribution is 0.0690. The van der Waals surface area contributed by atoms with Crippen molar-refractivity contribution < 1.29 is 14.6 Å². The highest BCUT2D eigenvalue weighted by Crippen LogP contribution is 2.16. The molecule has 2 rings (SSSR count). The standard InChI is InChI=1S/C14H16N2O3/c1-9-5-10(2)7-12(6-9)19-4-3-11-8-13(14(17)18)16-15-11/h5-8H,3-4H2,1-2H3,(H,15,16)(H,17,18). The van der Waals surface area contributed by atoms with Crippen LogP contribution in [0.2, 0.25) is 0 Å². The molecule has 1 aromatic carbocycles. The summed E-state index contributed by atoms with van der Waals surface area (Å²) in [4.78, 5) is 10.7. The highest BCUT2D eigenvalue weighted by atomic mass is 16.5. The van der Waals surface area contributed by atoms with E-state index in [2.05, 4.69) is 16.3 Å². The van der Waals surface area contributed by atoms with Crippen molar-refractivity contribution in [3.05, 3.63) is 46.8 Å². The summed E-state index contributed by atoms with van der Waals surface area (Å²) >= 11 is 0. The molecule has 5 nitrogen and oxygen atoms in total. The summed E-state index contributed by atoms with van der Waals surface area (Å²) in [5.41, 5.74) is 3.09. The highest BCUT2D eigenvalue weighted by Gasteiger charge is 2.07. The van der Waals surface area contributed by atoms with Gasteiger partial charge in [0.2, 0.25) is 0 Å². The third-order valence-corrected chi connectivity index (χ3v) is 2.69. The summed E-state index contributed by atoms with van der Waals surface area (Å²) in [6.45, 7) is 4.52. The number of nitrogens with one attached hydrogen (secondary N) is 1. The number of nitrogens with zero attached hydrogens (tertiary/aromatic N) is 1. The van der Waals surface area contributed by atoms with Crippen LogP contribution in [0.5, 0.6) is 5.75 Å². The first-order valence-corrected chi connectivity index (χ1v) is 6.03. The summed E-state index contributed by atoms with van der Waals surface area (Å²) in [5.74, 6) is -0.201. The third kappa shape index (κ3) is 3.58. The second kappa shape index (κ2) is 5.56. The lowest BCUT2D eigenvalue weighted by atomic mass is 10.1. The summed E-state index contributed by atoms with van der Waals surface area (Å²) < 4.78 is 5.65.